The van der Waals surface area contributed by atoms with Crippen LogP contribution in [0.4, 0.5) is 22.0 Å². The number of nitro groups is 2. The molecule has 1 N–H and O–H groups in total. The summed E-state index contributed by atoms with van der Waals surface area (Å²) in [4.78, 5) is 48.2. The molecule has 7 aromatic rings. The molecule has 0 radical (unpaired) electrons. The Morgan fingerprint density at radius 2 is 1.31 bits per heavy atom. The van der Waals surface area contributed by atoms with Crippen molar-refractivity contribution in [3.8, 4) is 11.5 Å². The van der Waals surface area contributed by atoms with Crippen molar-refractivity contribution in [2.75, 3.05) is 39.4 Å². The number of hydrogen-bond acceptors (Lipinski definition) is 16. The Bertz CT molecular complexity index is 2950. The van der Waals surface area contributed by atoms with Crippen molar-refractivity contribution in [1.29, 1.82) is 0 Å². The lowest BCUT2D eigenvalue weighted by Gasteiger charge is -2.39. The van der Waals surface area contributed by atoms with Gasteiger partial charge >= 0.3 is 6.09 Å². The van der Waals surface area contributed by atoms with Crippen molar-refractivity contribution in [3.63, 3.8) is 0 Å². The minimum absolute atomic E-state index is 0.00388. The zero-order chi connectivity index (χ0) is 53.1. The fourth-order valence-corrected chi connectivity index (χ4v) is 10.8. The van der Waals surface area contributed by atoms with Gasteiger partial charge in [-0.2, -0.15) is 0 Å². The van der Waals surface area contributed by atoms with Gasteiger partial charge in [-0.25, -0.2) is 24.4 Å². The van der Waals surface area contributed by atoms with E-state index in [4.69, 9.17) is 32.7 Å². The van der Waals surface area contributed by atoms with Crippen LogP contribution in [0.1, 0.15) is 68.2 Å². The molecule has 8 rings (SSSR count). The van der Waals surface area contributed by atoms with E-state index in [1.807, 2.05) is 78.9 Å². The third kappa shape index (κ3) is 12.7. The molecular weight excluding hydrogens is 984 g/mol. The van der Waals surface area contributed by atoms with Gasteiger partial charge < -0.3 is 32.7 Å². The lowest BCUT2D eigenvalue weighted by Crippen LogP contribution is -2.39. The third-order valence-electron chi connectivity index (χ3n) is 12.7. The molecule has 4 atom stereocenters. The number of aromatic nitrogens is 4. The van der Waals surface area contributed by atoms with E-state index in [1.54, 1.807) is 49.4 Å². The van der Waals surface area contributed by atoms with Crippen LogP contribution in [0, 0.1) is 20.2 Å². The number of imidazole rings is 1. The van der Waals surface area contributed by atoms with Crippen LogP contribution in [-0.4, -0.2) is 98.5 Å². The number of carbonyl (C=O) groups is 1. The van der Waals surface area contributed by atoms with Crippen LogP contribution < -0.4 is 14.8 Å². The van der Waals surface area contributed by atoms with E-state index in [2.05, 4.69) is 52.6 Å². The second kappa shape index (κ2) is 24.7. The van der Waals surface area contributed by atoms with E-state index >= 15 is 0 Å². The van der Waals surface area contributed by atoms with Crippen LogP contribution in [0.15, 0.2) is 140 Å². The first-order chi connectivity index (χ1) is 36.3. The molecule has 0 saturated carbocycles. The second-order valence-corrected chi connectivity index (χ2v) is 19.5. The van der Waals surface area contributed by atoms with Gasteiger partial charge in [0.05, 0.1) is 56.3 Å². The number of hydrogen-bond donors (Lipinski definition) is 1. The molecule has 1 saturated heterocycles. The number of nitrogens with one attached hydrogen (secondary N) is 1. The van der Waals surface area contributed by atoms with Gasteiger partial charge in [0, 0.05) is 49.2 Å². The number of carbonyl (C=O) groups excluding carboxylic acids is 1. The van der Waals surface area contributed by atoms with Gasteiger partial charge in [-0.15, -0.1) is 0 Å². The molecular formula is C54H59N8O12P. The van der Waals surface area contributed by atoms with Crippen molar-refractivity contribution in [3.05, 3.63) is 188 Å². The Kier molecular flexibility index (Phi) is 17.7. The Balaban J connectivity index is 1.11. The number of methoxy groups -OCH3 is 2. The molecule has 3 heterocycles. The molecule has 1 aliphatic rings. The Hall–Kier alpha value is -7.45. The molecule has 0 aliphatic carbocycles. The summed E-state index contributed by atoms with van der Waals surface area (Å²) in [6.45, 7) is 8.63. The number of nitro benzene ring substituents is 2. The maximum Gasteiger partial charge on any atom is 0.412 e. The molecule has 0 bridgehead atoms. The van der Waals surface area contributed by atoms with Crippen LogP contribution in [0.3, 0.4) is 0 Å². The van der Waals surface area contributed by atoms with Crippen molar-refractivity contribution in [2.24, 2.45) is 0 Å². The highest BCUT2D eigenvalue weighted by atomic mass is 31.2. The SMILES string of the molecule is COc1ccc(C(OC[C@H]2O[C@@H](n3cnc4c(NC(=O)OCCc5ccc([N+](=O)[O-])cc5)ncnc43)C[C@@H]2OP(OCCc2ccc([N+](=O)[O-])cc2)N(C(C)C)C(C)C)(c2ccccc2)c2ccc(OC)cc2)cc1. The molecule has 0 spiro atoms. The average molecular weight is 1040 g/mol. The maximum absolute atomic E-state index is 13.1. The number of fused-ring (bicyclic) bond motifs is 1. The molecule has 20 nitrogen and oxygen atoms in total. The molecule has 75 heavy (non-hydrogen) atoms. The third-order valence-corrected chi connectivity index (χ3v) is 14.8. The van der Waals surface area contributed by atoms with E-state index < -0.39 is 48.5 Å². The second-order valence-electron chi connectivity index (χ2n) is 18.1. The molecule has 1 fully saturated rings. The number of ether oxygens (including phenoxy) is 5. The van der Waals surface area contributed by atoms with E-state index in [1.165, 1.54) is 30.6 Å². The smallest absolute Gasteiger partial charge is 0.412 e. The first-order valence-electron chi connectivity index (χ1n) is 24.4. The summed E-state index contributed by atoms with van der Waals surface area (Å²) in [5.74, 6) is 1.48. The molecule has 1 aliphatic heterocycles. The predicted octanol–water partition coefficient (Wildman–Crippen LogP) is 10.7. The zero-order valence-electron chi connectivity index (χ0n) is 42.4. The van der Waals surface area contributed by atoms with Crippen molar-refractivity contribution in [1.82, 2.24) is 24.2 Å². The first kappa shape index (κ1) is 53.8. The summed E-state index contributed by atoms with van der Waals surface area (Å²) in [7, 11) is 1.48. The summed E-state index contributed by atoms with van der Waals surface area (Å²) < 4.78 is 49.0. The number of rotatable bonds is 24. The fraction of sp³-hybridized carbons (Fsp3) is 0.333. The monoisotopic (exact) mass is 1040 g/mol. The fourth-order valence-electron chi connectivity index (χ4n) is 9.01. The number of benzene rings is 5. The van der Waals surface area contributed by atoms with Crippen molar-refractivity contribution in [2.45, 2.75) is 83.1 Å². The van der Waals surface area contributed by atoms with Crippen molar-refractivity contribution >= 4 is 43.0 Å². The van der Waals surface area contributed by atoms with Gasteiger partial charge in [-0.1, -0.05) is 78.9 Å². The molecule has 2 aromatic heterocycles. The minimum Gasteiger partial charge on any atom is -0.497 e. The van der Waals surface area contributed by atoms with E-state index in [9.17, 15) is 25.0 Å². The summed E-state index contributed by atoms with van der Waals surface area (Å²) >= 11 is 0. The van der Waals surface area contributed by atoms with Crippen LogP contribution in [-0.2, 0) is 41.7 Å². The Labute approximate surface area is 435 Å². The van der Waals surface area contributed by atoms with Gasteiger partial charge in [-0.3, -0.25) is 30.1 Å². The molecule has 1 unspecified atom stereocenters. The van der Waals surface area contributed by atoms with E-state index in [-0.39, 0.29) is 54.6 Å². The first-order valence-corrected chi connectivity index (χ1v) is 25.5. The van der Waals surface area contributed by atoms with Gasteiger partial charge in [0.1, 0.15) is 35.8 Å². The topological polar surface area (TPSA) is 227 Å². The van der Waals surface area contributed by atoms with Crippen LogP contribution >= 0.6 is 8.53 Å². The van der Waals surface area contributed by atoms with E-state index in [0.717, 1.165) is 27.8 Å². The zero-order valence-corrected chi connectivity index (χ0v) is 43.3. The van der Waals surface area contributed by atoms with Gasteiger partial charge in [0.2, 0.25) is 0 Å². The summed E-state index contributed by atoms with van der Waals surface area (Å²) in [6, 6.07) is 38.0. The van der Waals surface area contributed by atoms with Crippen LogP contribution in [0.25, 0.3) is 11.2 Å². The largest absolute Gasteiger partial charge is 0.497 e. The number of nitrogens with zero attached hydrogens (tertiary/aromatic N) is 7. The number of anilines is 1. The standard InChI is InChI=1S/C54H59N8O12P/c1-36(2)60(37(3)4)75(72-31-29-39-14-22-44(23-15-39)62(66)67)74-47-32-49(59-35-57-50-51(55-34-56-52(50)59)58-53(63)70-30-28-38-12-20-43(21-13-38)61(64)65)73-48(47)33-71-54(40-10-8-7-9-11-40,41-16-24-45(68-5)25-17-41)42-18-26-46(69-6)27-19-42/h7-27,34-37,47-49H,28-33H2,1-6H3,(H,55,56,58,63)/t47-,48+,49+,75?/m0/s1. The normalized spacial score (nSPS) is 16.1. The Morgan fingerprint density at radius 3 is 1.84 bits per heavy atom. The number of amides is 1. The number of non-ortho nitro benzene ring substituents is 2. The lowest BCUT2D eigenvalue weighted by molar-refractivity contribution is -0.385. The Morgan fingerprint density at radius 1 is 0.760 bits per heavy atom. The van der Waals surface area contributed by atoms with Crippen LogP contribution in [0.5, 0.6) is 11.5 Å². The summed E-state index contributed by atoms with van der Waals surface area (Å²) in [5.41, 5.74) is 3.60. The molecule has 21 heteroatoms. The highest BCUT2D eigenvalue weighted by Crippen LogP contribution is 2.51. The molecule has 392 valence electrons. The van der Waals surface area contributed by atoms with Gasteiger partial charge in [-0.05, 0) is 86.2 Å². The predicted molar refractivity (Wildman–Crippen MR) is 281 cm³/mol. The average Bonchev–Trinajstić information content (AvgIpc) is 4.04. The minimum atomic E-state index is -1.76. The summed E-state index contributed by atoms with van der Waals surface area (Å²) in [5, 5.41) is 25.1. The van der Waals surface area contributed by atoms with Gasteiger partial charge in [0.25, 0.3) is 19.9 Å². The molecule has 5 aromatic carbocycles. The highest BCUT2D eigenvalue weighted by molar-refractivity contribution is 7.44. The highest BCUT2D eigenvalue weighted by Gasteiger charge is 2.45. The summed E-state index contributed by atoms with van der Waals surface area (Å²) in [6.07, 6.45) is 1.17. The lowest BCUT2D eigenvalue weighted by atomic mass is 9.80. The van der Waals surface area contributed by atoms with Crippen molar-refractivity contribution < 1.29 is 47.4 Å². The maximum atomic E-state index is 13.1. The van der Waals surface area contributed by atoms with Gasteiger partial charge in [0.15, 0.2) is 17.0 Å². The molecule has 1 amide bonds. The quantitative estimate of drug-likeness (QED) is 0.0257. The van der Waals surface area contributed by atoms with E-state index in [0.29, 0.717) is 36.4 Å². The van der Waals surface area contributed by atoms with Crippen LogP contribution in [0.2, 0.25) is 0 Å².